The van der Waals surface area contributed by atoms with Gasteiger partial charge in [-0.3, -0.25) is 9.59 Å². The van der Waals surface area contributed by atoms with E-state index < -0.39 is 11.8 Å². The van der Waals surface area contributed by atoms with E-state index >= 15 is 0 Å². The van der Waals surface area contributed by atoms with Crippen molar-refractivity contribution in [3.63, 3.8) is 0 Å². The average molecular weight is 277 g/mol. The van der Waals surface area contributed by atoms with E-state index in [1.807, 2.05) is 12.1 Å². The Labute approximate surface area is 118 Å². The van der Waals surface area contributed by atoms with Gasteiger partial charge in [0, 0.05) is 39.0 Å². The predicted molar refractivity (Wildman–Crippen MR) is 75.2 cm³/mol. The van der Waals surface area contributed by atoms with Crippen molar-refractivity contribution in [3.05, 3.63) is 29.8 Å². The number of rotatable bonds is 3. The Morgan fingerprint density at radius 1 is 1.35 bits per heavy atom. The molecular weight excluding hydrogens is 258 g/mol. The summed E-state index contributed by atoms with van der Waals surface area (Å²) in [7, 11) is 1.61. The van der Waals surface area contributed by atoms with Crippen LogP contribution in [0.1, 0.15) is 5.56 Å². The number of amides is 2. The smallest absolute Gasteiger partial charge is 0.313 e. The van der Waals surface area contributed by atoms with Gasteiger partial charge in [-0.2, -0.15) is 0 Å². The fraction of sp³-hybridized carbons (Fsp3) is 0.429. The molecule has 1 heterocycles. The van der Waals surface area contributed by atoms with Gasteiger partial charge in [-0.1, -0.05) is 12.1 Å². The number of anilines is 1. The standard InChI is InChI=1S/C14H19N3O3/c1-20-10-11-3-2-4-12(9-11)16-13(18)14(19)17-7-5-15-6-8-17/h2-4,9,15H,5-8,10H2,1H3,(H,16,18). The van der Waals surface area contributed by atoms with Crippen molar-refractivity contribution in [1.29, 1.82) is 0 Å². The zero-order chi connectivity index (χ0) is 14.4. The van der Waals surface area contributed by atoms with E-state index in [0.29, 0.717) is 25.4 Å². The molecule has 0 atom stereocenters. The van der Waals surface area contributed by atoms with E-state index in [-0.39, 0.29) is 0 Å². The van der Waals surface area contributed by atoms with Crippen LogP contribution in [-0.2, 0) is 20.9 Å². The largest absolute Gasteiger partial charge is 0.380 e. The van der Waals surface area contributed by atoms with Crippen LogP contribution in [0.25, 0.3) is 0 Å². The molecule has 2 rings (SSSR count). The highest BCUT2D eigenvalue weighted by Crippen LogP contribution is 2.11. The molecule has 1 aromatic carbocycles. The predicted octanol–water partition coefficient (Wildman–Crippen LogP) is 0.203. The van der Waals surface area contributed by atoms with E-state index in [1.165, 1.54) is 0 Å². The molecule has 108 valence electrons. The molecule has 1 aliphatic rings. The van der Waals surface area contributed by atoms with Crippen molar-refractivity contribution in [3.8, 4) is 0 Å². The third-order valence-electron chi connectivity index (χ3n) is 3.09. The number of benzene rings is 1. The summed E-state index contributed by atoms with van der Waals surface area (Å²) in [5, 5.41) is 5.77. The van der Waals surface area contributed by atoms with Crippen LogP contribution in [0.15, 0.2) is 24.3 Å². The Balaban J connectivity index is 1.96. The monoisotopic (exact) mass is 277 g/mol. The number of nitrogens with zero attached hydrogens (tertiary/aromatic N) is 1. The summed E-state index contributed by atoms with van der Waals surface area (Å²) in [4.78, 5) is 25.5. The Morgan fingerprint density at radius 3 is 2.80 bits per heavy atom. The third kappa shape index (κ3) is 3.79. The van der Waals surface area contributed by atoms with Crippen LogP contribution in [0.4, 0.5) is 5.69 Å². The first kappa shape index (κ1) is 14.5. The molecule has 0 aromatic heterocycles. The molecule has 1 saturated heterocycles. The highest BCUT2D eigenvalue weighted by Gasteiger charge is 2.23. The quantitative estimate of drug-likeness (QED) is 0.775. The molecule has 0 spiro atoms. The van der Waals surface area contributed by atoms with Crippen molar-refractivity contribution in [2.75, 3.05) is 38.6 Å². The maximum Gasteiger partial charge on any atom is 0.313 e. The van der Waals surface area contributed by atoms with Crippen molar-refractivity contribution < 1.29 is 14.3 Å². The lowest BCUT2D eigenvalue weighted by atomic mass is 10.2. The third-order valence-corrected chi connectivity index (χ3v) is 3.09. The Bertz CT molecular complexity index is 484. The van der Waals surface area contributed by atoms with Crippen LogP contribution < -0.4 is 10.6 Å². The molecule has 1 aromatic rings. The van der Waals surface area contributed by atoms with Gasteiger partial charge in [-0.05, 0) is 17.7 Å². The minimum atomic E-state index is -0.596. The molecule has 0 radical (unpaired) electrons. The number of piperazine rings is 1. The van der Waals surface area contributed by atoms with Crippen LogP contribution >= 0.6 is 0 Å². The summed E-state index contributed by atoms with van der Waals surface area (Å²) >= 11 is 0. The van der Waals surface area contributed by atoms with Gasteiger partial charge in [-0.25, -0.2) is 0 Å². The van der Waals surface area contributed by atoms with Crippen LogP contribution in [0, 0.1) is 0 Å². The second-order valence-electron chi connectivity index (χ2n) is 4.63. The van der Waals surface area contributed by atoms with Crippen molar-refractivity contribution in [1.82, 2.24) is 10.2 Å². The zero-order valence-electron chi connectivity index (χ0n) is 11.5. The number of hydrogen-bond acceptors (Lipinski definition) is 4. The highest BCUT2D eigenvalue weighted by atomic mass is 16.5. The molecule has 2 N–H and O–H groups in total. The first-order valence-electron chi connectivity index (χ1n) is 6.59. The molecule has 6 heteroatoms. The van der Waals surface area contributed by atoms with Gasteiger partial charge in [-0.15, -0.1) is 0 Å². The lowest BCUT2D eigenvalue weighted by Gasteiger charge is -2.26. The van der Waals surface area contributed by atoms with Gasteiger partial charge in [0.25, 0.3) is 0 Å². The maximum absolute atomic E-state index is 12.0. The lowest BCUT2D eigenvalue weighted by Crippen LogP contribution is -2.49. The molecule has 0 aliphatic carbocycles. The zero-order valence-corrected chi connectivity index (χ0v) is 11.5. The first-order valence-corrected chi connectivity index (χ1v) is 6.59. The summed E-state index contributed by atoms with van der Waals surface area (Å²) < 4.78 is 5.04. The summed E-state index contributed by atoms with van der Waals surface area (Å²) in [6.45, 7) is 3.05. The number of hydrogen-bond donors (Lipinski definition) is 2. The van der Waals surface area contributed by atoms with Gasteiger partial charge in [0.2, 0.25) is 0 Å². The molecule has 0 unspecified atom stereocenters. The molecule has 6 nitrogen and oxygen atoms in total. The lowest BCUT2D eigenvalue weighted by molar-refractivity contribution is -0.143. The van der Waals surface area contributed by atoms with Gasteiger partial charge >= 0.3 is 11.8 Å². The number of methoxy groups -OCH3 is 1. The van der Waals surface area contributed by atoms with Crippen molar-refractivity contribution >= 4 is 17.5 Å². The van der Waals surface area contributed by atoms with Crippen LogP contribution in [-0.4, -0.2) is 50.0 Å². The van der Waals surface area contributed by atoms with Gasteiger partial charge in [0.05, 0.1) is 6.61 Å². The molecular formula is C14H19N3O3. The maximum atomic E-state index is 12.0. The molecule has 1 aliphatic heterocycles. The fourth-order valence-electron chi connectivity index (χ4n) is 2.10. The SMILES string of the molecule is COCc1cccc(NC(=O)C(=O)N2CCNCC2)c1. The minimum Gasteiger partial charge on any atom is -0.380 e. The second kappa shape index (κ2) is 7.02. The Kier molecular flexibility index (Phi) is 5.09. The van der Waals surface area contributed by atoms with E-state index in [2.05, 4.69) is 10.6 Å². The summed E-state index contributed by atoms with van der Waals surface area (Å²) in [6, 6.07) is 7.27. The number of nitrogens with one attached hydrogen (secondary N) is 2. The first-order chi connectivity index (χ1) is 9.70. The van der Waals surface area contributed by atoms with Gasteiger partial charge in [0.15, 0.2) is 0 Å². The molecule has 0 saturated carbocycles. The van der Waals surface area contributed by atoms with Gasteiger partial charge in [0.1, 0.15) is 0 Å². The van der Waals surface area contributed by atoms with Gasteiger partial charge < -0.3 is 20.3 Å². The topological polar surface area (TPSA) is 70.7 Å². The normalized spacial score (nSPS) is 14.9. The van der Waals surface area contributed by atoms with Crippen LogP contribution in [0.2, 0.25) is 0 Å². The summed E-state index contributed by atoms with van der Waals surface area (Å²) in [5.41, 5.74) is 1.55. The summed E-state index contributed by atoms with van der Waals surface area (Å²) in [6.07, 6.45) is 0. The molecule has 20 heavy (non-hydrogen) atoms. The van der Waals surface area contributed by atoms with Crippen molar-refractivity contribution in [2.45, 2.75) is 6.61 Å². The number of ether oxygens (including phenoxy) is 1. The molecule has 2 amide bonds. The highest BCUT2D eigenvalue weighted by molar-refractivity contribution is 6.39. The molecule has 0 bridgehead atoms. The van der Waals surface area contributed by atoms with Crippen molar-refractivity contribution in [2.24, 2.45) is 0 Å². The van der Waals surface area contributed by atoms with E-state index in [0.717, 1.165) is 18.7 Å². The van der Waals surface area contributed by atoms with E-state index in [9.17, 15) is 9.59 Å². The van der Waals surface area contributed by atoms with E-state index in [1.54, 1.807) is 24.1 Å². The average Bonchev–Trinajstić information content (AvgIpc) is 2.48. The minimum absolute atomic E-state index is 0.468. The molecule has 1 fully saturated rings. The fourth-order valence-corrected chi connectivity index (χ4v) is 2.10. The van der Waals surface area contributed by atoms with E-state index in [4.69, 9.17) is 4.74 Å². The number of carbonyl (C=O) groups excluding carboxylic acids is 2. The Morgan fingerprint density at radius 2 is 2.10 bits per heavy atom. The Hall–Kier alpha value is -1.92. The second-order valence-corrected chi connectivity index (χ2v) is 4.63. The summed E-state index contributed by atoms with van der Waals surface area (Å²) in [5.74, 6) is -1.08. The van der Waals surface area contributed by atoms with Crippen LogP contribution in [0.3, 0.4) is 0 Å². The number of carbonyl (C=O) groups is 2. The van der Waals surface area contributed by atoms with Crippen LogP contribution in [0.5, 0.6) is 0 Å².